The number of aromatic nitrogens is 2. The molecule has 27 heavy (non-hydrogen) atoms. The van der Waals surface area contributed by atoms with Gasteiger partial charge in [0.15, 0.2) is 5.96 Å². The molecule has 0 aliphatic heterocycles. The molecule has 0 unspecified atom stereocenters. The van der Waals surface area contributed by atoms with Gasteiger partial charge in [0.2, 0.25) is 0 Å². The zero-order valence-corrected chi connectivity index (χ0v) is 16.0. The Labute approximate surface area is 161 Å². The molecule has 5 heteroatoms. The molecule has 2 aromatic carbocycles. The zero-order chi connectivity index (χ0) is 18.9. The second kappa shape index (κ2) is 9.57. The van der Waals surface area contributed by atoms with Crippen LogP contribution in [0.15, 0.2) is 72.0 Å². The van der Waals surface area contributed by atoms with Crippen molar-refractivity contribution in [3.05, 3.63) is 83.7 Å². The molecule has 3 rings (SSSR count). The normalized spacial score (nSPS) is 11.4. The van der Waals surface area contributed by atoms with Crippen LogP contribution >= 0.6 is 0 Å². The Morgan fingerprint density at radius 1 is 1.00 bits per heavy atom. The predicted molar refractivity (Wildman–Crippen MR) is 111 cm³/mol. The highest BCUT2D eigenvalue weighted by Crippen LogP contribution is 2.09. The number of rotatable bonds is 7. The first kappa shape index (κ1) is 18.7. The molecule has 3 aromatic rings. The fourth-order valence-electron chi connectivity index (χ4n) is 3.01. The molecule has 0 aliphatic rings. The number of para-hydroxylation sites is 1. The van der Waals surface area contributed by atoms with E-state index in [0.29, 0.717) is 0 Å². The van der Waals surface area contributed by atoms with Crippen LogP contribution in [0.3, 0.4) is 0 Å². The van der Waals surface area contributed by atoms with Gasteiger partial charge in [0.25, 0.3) is 0 Å². The second-order valence-electron chi connectivity index (χ2n) is 6.35. The van der Waals surface area contributed by atoms with Crippen LogP contribution in [0.25, 0.3) is 5.69 Å². The van der Waals surface area contributed by atoms with Crippen molar-refractivity contribution in [1.29, 1.82) is 0 Å². The van der Waals surface area contributed by atoms with Gasteiger partial charge in [-0.2, -0.15) is 5.10 Å². The molecule has 1 aromatic heterocycles. The van der Waals surface area contributed by atoms with Gasteiger partial charge < -0.3 is 10.6 Å². The van der Waals surface area contributed by atoms with Crippen molar-refractivity contribution in [3.8, 4) is 5.69 Å². The summed E-state index contributed by atoms with van der Waals surface area (Å²) < 4.78 is 1.91. The van der Waals surface area contributed by atoms with Gasteiger partial charge in [-0.15, -0.1) is 0 Å². The second-order valence-corrected chi connectivity index (χ2v) is 6.35. The standard InChI is InChI=1S/C22H27N5/c1-3-19-9-7-8-10-20(19)16-25-22(23-2)24-14-13-18-15-26-27(17-18)21-11-5-4-6-12-21/h4-12,15,17H,3,13-14,16H2,1-2H3,(H2,23,24,25). The van der Waals surface area contributed by atoms with E-state index in [4.69, 9.17) is 0 Å². The summed E-state index contributed by atoms with van der Waals surface area (Å²) in [5, 5.41) is 11.2. The third-order valence-corrected chi connectivity index (χ3v) is 4.53. The van der Waals surface area contributed by atoms with Gasteiger partial charge in [0.05, 0.1) is 11.9 Å². The van der Waals surface area contributed by atoms with Crippen molar-refractivity contribution in [2.45, 2.75) is 26.3 Å². The molecule has 0 atom stereocenters. The number of nitrogens with zero attached hydrogens (tertiary/aromatic N) is 3. The Kier molecular flexibility index (Phi) is 6.63. The molecular formula is C22H27N5. The summed E-state index contributed by atoms with van der Waals surface area (Å²) in [7, 11) is 1.80. The van der Waals surface area contributed by atoms with Crippen LogP contribution in [0.4, 0.5) is 0 Å². The van der Waals surface area contributed by atoms with E-state index >= 15 is 0 Å². The van der Waals surface area contributed by atoms with Crippen LogP contribution in [0.1, 0.15) is 23.6 Å². The van der Waals surface area contributed by atoms with Crippen LogP contribution in [0.5, 0.6) is 0 Å². The SMILES string of the molecule is CCc1ccccc1CNC(=NC)NCCc1cnn(-c2ccccc2)c1. The monoisotopic (exact) mass is 361 g/mol. The number of nitrogens with one attached hydrogen (secondary N) is 2. The third-order valence-electron chi connectivity index (χ3n) is 4.53. The number of benzene rings is 2. The lowest BCUT2D eigenvalue weighted by Crippen LogP contribution is -2.38. The van der Waals surface area contributed by atoms with Crippen molar-refractivity contribution >= 4 is 5.96 Å². The highest BCUT2D eigenvalue weighted by Gasteiger charge is 2.04. The zero-order valence-electron chi connectivity index (χ0n) is 16.0. The molecule has 140 valence electrons. The summed E-state index contributed by atoms with van der Waals surface area (Å²) in [6.45, 7) is 3.76. The summed E-state index contributed by atoms with van der Waals surface area (Å²) >= 11 is 0. The highest BCUT2D eigenvalue weighted by molar-refractivity contribution is 5.79. The lowest BCUT2D eigenvalue weighted by atomic mass is 10.1. The Balaban J connectivity index is 1.48. The van der Waals surface area contributed by atoms with Gasteiger partial charge in [-0.05, 0) is 41.7 Å². The topological polar surface area (TPSA) is 54.2 Å². The van der Waals surface area contributed by atoms with Crippen LogP contribution < -0.4 is 10.6 Å². The molecule has 5 nitrogen and oxygen atoms in total. The van der Waals surface area contributed by atoms with Crippen molar-refractivity contribution in [2.75, 3.05) is 13.6 Å². The maximum Gasteiger partial charge on any atom is 0.191 e. The van der Waals surface area contributed by atoms with Crippen LogP contribution in [0.2, 0.25) is 0 Å². The first-order valence-corrected chi connectivity index (χ1v) is 9.40. The smallest absolute Gasteiger partial charge is 0.191 e. The van der Waals surface area contributed by atoms with E-state index in [9.17, 15) is 0 Å². The summed E-state index contributed by atoms with van der Waals surface area (Å²) in [5.74, 6) is 0.816. The molecule has 0 amide bonds. The Bertz CT molecular complexity index is 867. The summed E-state index contributed by atoms with van der Waals surface area (Å²) in [5.41, 5.74) is 4.95. The largest absolute Gasteiger partial charge is 0.356 e. The van der Waals surface area contributed by atoms with E-state index in [1.165, 1.54) is 16.7 Å². The first-order valence-electron chi connectivity index (χ1n) is 9.40. The molecule has 0 aliphatic carbocycles. The highest BCUT2D eigenvalue weighted by atomic mass is 15.3. The molecule has 0 bridgehead atoms. The van der Waals surface area contributed by atoms with Crippen molar-refractivity contribution in [2.24, 2.45) is 4.99 Å². The minimum absolute atomic E-state index is 0.773. The predicted octanol–water partition coefficient (Wildman–Crippen LogP) is 3.34. The van der Waals surface area contributed by atoms with E-state index in [1.54, 1.807) is 7.05 Å². The number of hydrogen-bond donors (Lipinski definition) is 2. The van der Waals surface area contributed by atoms with E-state index in [-0.39, 0.29) is 0 Å². The summed E-state index contributed by atoms with van der Waals surface area (Å²) in [6, 6.07) is 18.7. The van der Waals surface area contributed by atoms with E-state index in [0.717, 1.165) is 37.6 Å². The molecule has 1 heterocycles. The van der Waals surface area contributed by atoms with Gasteiger partial charge >= 0.3 is 0 Å². The molecule has 0 fully saturated rings. The Morgan fingerprint density at radius 2 is 1.74 bits per heavy atom. The average Bonchev–Trinajstić information content (AvgIpc) is 3.20. The van der Waals surface area contributed by atoms with Gasteiger partial charge in [-0.25, -0.2) is 4.68 Å². The van der Waals surface area contributed by atoms with Gasteiger partial charge in [0, 0.05) is 26.3 Å². The molecule has 0 spiro atoms. The summed E-state index contributed by atoms with van der Waals surface area (Å²) in [4.78, 5) is 4.32. The maximum atomic E-state index is 4.44. The summed E-state index contributed by atoms with van der Waals surface area (Å²) in [6.07, 6.45) is 5.92. The van der Waals surface area contributed by atoms with Crippen molar-refractivity contribution < 1.29 is 0 Å². The van der Waals surface area contributed by atoms with E-state index in [2.05, 4.69) is 70.2 Å². The molecular weight excluding hydrogens is 334 g/mol. The molecule has 0 saturated carbocycles. The van der Waals surface area contributed by atoms with Crippen molar-refractivity contribution in [3.63, 3.8) is 0 Å². The van der Waals surface area contributed by atoms with Crippen LogP contribution in [-0.4, -0.2) is 29.3 Å². The number of guanidine groups is 1. The molecule has 2 N–H and O–H groups in total. The third kappa shape index (κ3) is 5.20. The lowest BCUT2D eigenvalue weighted by molar-refractivity contribution is 0.790. The van der Waals surface area contributed by atoms with E-state index < -0.39 is 0 Å². The van der Waals surface area contributed by atoms with Crippen LogP contribution in [-0.2, 0) is 19.4 Å². The minimum Gasteiger partial charge on any atom is -0.356 e. The van der Waals surface area contributed by atoms with Gasteiger partial charge in [0.1, 0.15) is 0 Å². The minimum atomic E-state index is 0.773. The average molecular weight is 361 g/mol. The number of aryl methyl sites for hydroxylation is 1. The fraction of sp³-hybridized carbons (Fsp3) is 0.273. The maximum absolute atomic E-state index is 4.44. The van der Waals surface area contributed by atoms with Crippen molar-refractivity contribution in [1.82, 2.24) is 20.4 Å². The lowest BCUT2D eigenvalue weighted by Gasteiger charge is -2.13. The number of hydrogen-bond acceptors (Lipinski definition) is 2. The Morgan fingerprint density at radius 3 is 2.48 bits per heavy atom. The molecule has 0 radical (unpaired) electrons. The number of aliphatic imine (C=N–C) groups is 1. The van der Waals surface area contributed by atoms with Gasteiger partial charge in [-0.3, -0.25) is 4.99 Å². The first-order chi connectivity index (χ1) is 13.3. The van der Waals surface area contributed by atoms with Gasteiger partial charge in [-0.1, -0.05) is 49.4 Å². The Hall–Kier alpha value is -3.08. The quantitative estimate of drug-likeness (QED) is 0.501. The van der Waals surface area contributed by atoms with Crippen LogP contribution in [0, 0.1) is 0 Å². The van der Waals surface area contributed by atoms with E-state index in [1.807, 2.05) is 29.1 Å². The molecule has 0 saturated heterocycles. The fourth-order valence-corrected chi connectivity index (χ4v) is 3.01.